The van der Waals surface area contributed by atoms with Gasteiger partial charge in [0.05, 0.1) is 18.0 Å². The molecule has 6 heterocycles. The molecular formula is C26H38N10O5S. The van der Waals surface area contributed by atoms with Gasteiger partial charge in [0.1, 0.15) is 18.6 Å². The molecule has 16 heteroatoms. The summed E-state index contributed by atoms with van der Waals surface area (Å²) in [6.07, 6.45) is 3.01. The molecule has 228 valence electrons. The number of thioether (sulfide) groups is 1. The van der Waals surface area contributed by atoms with Gasteiger partial charge in [-0.25, -0.2) is 9.48 Å². The Morgan fingerprint density at radius 2 is 2.12 bits per heavy atom. The van der Waals surface area contributed by atoms with Crippen molar-refractivity contribution >= 4 is 35.5 Å². The number of amides is 3. The number of hydrogen-bond donors (Lipinski definition) is 4. The van der Waals surface area contributed by atoms with Crippen molar-refractivity contribution in [1.29, 1.82) is 0 Å². The maximum Gasteiger partial charge on any atom is 0.353 e. The molecule has 1 aromatic rings. The van der Waals surface area contributed by atoms with Crippen LogP contribution in [-0.4, -0.2) is 132 Å². The van der Waals surface area contributed by atoms with Crippen LogP contribution >= 0.6 is 11.8 Å². The average molecular weight is 603 g/mol. The summed E-state index contributed by atoms with van der Waals surface area (Å²) >= 11 is 1.46. The number of β-lactam (4-membered cyclic amide) rings is 1. The van der Waals surface area contributed by atoms with Gasteiger partial charge in [0, 0.05) is 60.9 Å². The zero-order chi connectivity index (χ0) is 29.7. The number of nitrogens with two attached hydrogens (primary N) is 1. The highest BCUT2D eigenvalue weighted by molar-refractivity contribution is 8.03. The molecule has 5 aliphatic rings. The van der Waals surface area contributed by atoms with E-state index < -0.39 is 17.9 Å². The first kappa shape index (κ1) is 29.0. The number of carbonyl (C=O) groups is 4. The van der Waals surface area contributed by atoms with E-state index in [9.17, 15) is 24.3 Å². The van der Waals surface area contributed by atoms with Gasteiger partial charge >= 0.3 is 5.97 Å². The molecule has 0 radical (unpaired) electrons. The van der Waals surface area contributed by atoms with Crippen LogP contribution in [0.3, 0.4) is 0 Å². The first-order valence-corrected chi connectivity index (χ1v) is 15.5. The standard InChI is InChI=1S/C26H38N10O5S/c1-13-21-20(14(2)30-19(37)11-35-12-29-31-32-35)25(39)36(21)22(26(40)41)23(13)42-16-7-17(28-8-16)24(38)34-9-15-3-5-33(6-4-27)18(15)10-34/h12-18,20-21,28H,3-11,27H2,1-2H3,(H,30,37)(H,40,41)/t13-,14-,15?,16?,17?,18?,20-,21-/m1/s1. The second-order valence-corrected chi connectivity index (χ2v) is 13.4. The molecule has 1 aromatic heterocycles. The molecule has 4 unspecified atom stereocenters. The largest absolute Gasteiger partial charge is 0.477 e. The molecule has 5 aliphatic heterocycles. The van der Waals surface area contributed by atoms with E-state index in [0.717, 1.165) is 32.6 Å². The van der Waals surface area contributed by atoms with E-state index in [1.807, 2.05) is 11.8 Å². The Morgan fingerprint density at radius 3 is 2.83 bits per heavy atom. The maximum absolute atomic E-state index is 13.4. The molecule has 4 fully saturated rings. The molecule has 0 spiro atoms. The van der Waals surface area contributed by atoms with Crippen molar-refractivity contribution in [2.45, 2.75) is 62.7 Å². The SMILES string of the molecule is C[C@@H](NC(=O)Cn1cnnn1)[C@H]1C(=O)N2C(C(=O)O)=C(SC3CNC(C(=O)N4CC5CCN(CCN)C5C4)C3)[C@H](C)[C@H]12. The summed E-state index contributed by atoms with van der Waals surface area (Å²) in [4.78, 5) is 57.9. The Hall–Kier alpha value is -3.08. The minimum Gasteiger partial charge on any atom is -0.477 e. The van der Waals surface area contributed by atoms with Crippen molar-refractivity contribution in [3.05, 3.63) is 16.9 Å². The first-order chi connectivity index (χ1) is 20.2. The van der Waals surface area contributed by atoms with Crippen LogP contribution in [-0.2, 0) is 25.7 Å². The van der Waals surface area contributed by atoms with E-state index in [-0.39, 0.29) is 53.2 Å². The molecule has 15 nitrogen and oxygen atoms in total. The van der Waals surface area contributed by atoms with Gasteiger partial charge in [-0.3, -0.25) is 19.3 Å². The number of likely N-dealkylation sites (tertiary alicyclic amines) is 2. The predicted molar refractivity (Wildman–Crippen MR) is 150 cm³/mol. The number of aromatic nitrogens is 4. The molecule has 4 saturated heterocycles. The number of tetrazole rings is 1. The Balaban J connectivity index is 1.07. The Labute approximate surface area is 247 Å². The molecule has 3 amide bonds. The fraction of sp³-hybridized carbons (Fsp3) is 0.731. The minimum absolute atomic E-state index is 0.00209. The highest BCUT2D eigenvalue weighted by atomic mass is 32.2. The van der Waals surface area contributed by atoms with Crippen molar-refractivity contribution in [2.75, 3.05) is 39.3 Å². The number of carboxylic acid groups (broad SMARTS) is 1. The first-order valence-electron chi connectivity index (χ1n) is 14.6. The van der Waals surface area contributed by atoms with Gasteiger partial charge in [0.25, 0.3) is 0 Å². The van der Waals surface area contributed by atoms with Crippen LogP contribution in [0.4, 0.5) is 0 Å². The van der Waals surface area contributed by atoms with Crippen LogP contribution in [0, 0.1) is 17.8 Å². The lowest BCUT2D eigenvalue weighted by Crippen LogP contribution is -2.66. The molecule has 0 saturated carbocycles. The van der Waals surface area contributed by atoms with Gasteiger partial charge in [0.15, 0.2) is 0 Å². The number of carboxylic acids is 1. The van der Waals surface area contributed by atoms with Crippen LogP contribution in [0.1, 0.15) is 26.7 Å². The third-order valence-electron chi connectivity index (χ3n) is 9.49. The maximum atomic E-state index is 13.4. The van der Waals surface area contributed by atoms with Crippen LogP contribution in [0.5, 0.6) is 0 Å². The van der Waals surface area contributed by atoms with E-state index in [4.69, 9.17) is 5.73 Å². The van der Waals surface area contributed by atoms with Crippen LogP contribution in [0.25, 0.3) is 0 Å². The van der Waals surface area contributed by atoms with Crippen LogP contribution < -0.4 is 16.4 Å². The summed E-state index contributed by atoms with van der Waals surface area (Å²) in [5.41, 5.74) is 5.80. The number of carbonyl (C=O) groups excluding carboxylic acids is 3. The fourth-order valence-electron chi connectivity index (χ4n) is 7.54. The predicted octanol–water partition coefficient (Wildman–Crippen LogP) is -2.09. The van der Waals surface area contributed by atoms with E-state index >= 15 is 0 Å². The van der Waals surface area contributed by atoms with Crippen molar-refractivity contribution < 1.29 is 24.3 Å². The summed E-state index contributed by atoms with van der Waals surface area (Å²) in [7, 11) is 0. The number of nitrogens with zero attached hydrogens (tertiary/aromatic N) is 7. The Bertz CT molecular complexity index is 1270. The van der Waals surface area contributed by atoms with E-state index in [0.29, 0.717) is 36.4 Å². The summed E-state index contributed by atoms with van der Waals surface area (Å²) < 4.78 is 1.29. The molecule has 8 atom stereocenters. The number of hydrogen-bond acceptors (Lipinski definition) is 11. The van der Waals surface area contributed by atoms with Crippen molar-refractivity contribution in [2.24, 2.45) is 23.5 Å². The van der Waals surface area contributed by atoms with E-state index in [2.05, 4.69) is 31.1 Å². The zero-order valence-corrected chi connectivity index (χ0v) is 24.6. The normalized spacial score (nSPS) is 33.1. The van der Waals surface area contributed by atoms with Gasteiger partial charge in [-0.15, -0.1) is 16.9 Å². The summed E-state index contributed by atoms with van der Waals surface area (Å²) in [5.74, 6) is -1.95. The number of nitrogens with one attached hydrogen (secondary N) is 2. The molecule has 6 rings (SSSR count). The van der Waals surface area contributed by atoms with Gasteiger partial charge in [-0.2, -0.15) is 0 Å². The lowest BCUT2D eigenvalue weighted by atomic mass is 9.78. The topological polar surface area (TPSA) is 192 Å². The van der Waals surface area contributed by atoms with Crippen LogP contribution in [0.15, 0.2) is 16.9 Å². The van der Waals surface area contributed by atoms with E-state index in [1.54, 1.807) is 6.92 Å². The lowest BCUT2D eigenvalue weighted by molar-refractivity contribution is -0.158. The molecule has 0 aromatic carbocycles. The number of aliphatic carboxylic acids is 1. The van der Waals surface area contributed by atoms with Crippen molar-refractivity contribution in [3.63, 3.8) is 0 Å². The van der Waals surface area contributed by atoms with Gasteiger partial charge in [-0.05, 0) is 42.7 Å². The Morgan fingerprint density at radius 1 is 1.31 bits per heavy atom. The van der Waals surface area contributed by atoms with Crippen LogP contribution in [0.2, 0.25) is 0 Å². The quantitative estimate of drug-likeness (QED) is 0.214. The fourth-order valence-corrected chi connectivity index (χ4v) is 9.02. The summed E-state index contributed by atoms with van der Waals surface area (Å²) in [6.45, 7) is 8.22. The summed E-state index contributed by atoms with van der Waals surface area (Å²) in [6, 6.07) is -0.785. The highest BCUT2D eigenvalue weighted by Crippen LogP contribution is 2.52. The second kappa shape index (κ2) is 11.5. The molecule has 42 heavy (non-hydrogen) atoms. The molecule has 5 N–H and O–H groups in total. The third kappa shape index (κ3) is 5.07. The lowest BCUT2D eigenvalue weighted by Gasteiger charge is -2.47. The monoisotopic (exact) mass is 602 g/mol. The van der Waals surface area contributed by atoms with E-state index in [1.165, 1.54) is 27.7 Å². The zero-order valence-electron chi connectivity index (χ0n) is 23.8. The smallest absolute Gasteiger partial charge is 0.353 e. The highest BCUT2D eigenvalue weighted by Gasteiger charge is 2.60. The number of fused-ring (bicyclic) bond motifs is 2. The molecule has 0 bridgehead atoms. The molecular weight excluding hydrogens is 564 g/mol. The van der Waals surface area contributed by atoms with Gasteiger partial charge < -0.3 is 31.3 Å². The minimum atomic E-state index is -1.14. The number of rotatable bonds is 10. The van der Waals surface area contributed by atoms with Gasteiger partial charge in [-0.1, -0.05) is 6.92 Å². The van der Waals surface area contributed by atoms with Gasteiger partial charge in [0.2, 0.25) is 17.7 Å². The third-order valence-corrected chi connectivity index (χ3v) is 11.0. The second-order valence-electron chi connectivity index (χ2n) is 12.0. The average Bonchev–Trinajstić information content (AvgIpc) is 3.76. The van der Waals surface area contributed by atoms with Crippen molar-refractivity contribution in [3.8, 4) is 0 Å². The summed E-state index contributed by atoms with van der Waals surface area (Å²) in [5, 5.41) is 27.0. The molecule has 0 aliphatic carbocycles. The Kier molecular flexibility index (Phi) is 7.97. The van der Waals surface area contributed by atoms with Crippen molar-refractivity contribution in [1.82, 2.24) is 45.5 Å².